The molecule has 4 nitrogen and oxygen atoms in total. The number of nitrogens with two attached hydrogens (primary N) is 1. The number of hydrogen-bond donors (Lipinski definition) is 2. The molecular weight excluding hydrogens is 343 g/mol. The average Bonchev–Trinajstić information content (AvgIpc) is 2.60. The van der Waals surface area contributed by atoms with Gasteiger partial charge in [-0.3, -0.25) is 4.79 Å². The van der Waals surface area contributed by atoms with Crippen LogP contribution in [0.15, 0.2) is 54.6 Å². The number of hydrogen-bond acceptors (Lipinski definition) is 3. The van der Waals surface area contributed by atoms with Crippen molar-refractivity contribution in [2.75, 3.05) is 19.7 Å². The van der Waals surface area contributed by atoms with Crippen molar-refractivity contribution >= 4 is 18.3 Å². The van der Waals surface area contributed by atoms with E-state index < -0.39 is 0 Å². The van der Waals surface area contributed by atoms with Crippen molar-refractivity contribution in [1.29, 1.82) is 0 Å². The SMILES string of the molecule is Cl.NCCC(=O)NCC(COCc1ccc(F)cc1)c1ccccc1. The third-order valence-corrected chi connectivity index (χ3v) is 3.69. The van der Waals surface area contributed by atoms with Crippen LogP contribution in [0.4, 0.5) is 4.39 Å². The van der Waals surface area contributed by atoms with Crippen molar-refractivity contribution in [2.45, 2.75) is 18.9 Å². The monoisotopic (exact) mass is 366 g/mol. The molecule has 0 bridgehead atoms. The van der Waals surface area contributed by atoms with Gasteiger partial charge in [0, 0.05) is 25.4 Å². The molecule has 25 heavy (non-hydrogen) atoms. The van der Waals surface area contributed by atoms with E-state index in [-0.39, 0.29) is 30.0 Å². The fraction of sp³-hybridized carbons (Fsp3) is 0.316. The van der Waals surface area contributed by atoms with Gasteiger partial charge in [0.05, 0.1) is 13.2 Å². The molecule has 0 heterocycles. The summed E-state index contributed by atoms with van der Waals surface area (Å²) in [5.41, 5.74) is 7.40. The van der Waals surface area contributed by atoms with E-state index in [4.69, 9.17) is 10.5 Å². The molecule has 0 saturated heterocycles. The molecule has 6 heteroatoms. The van der Waals surface area contributed by atoms with Crippen molar-refractivity contribution in [2.24, 2.45) is 5.73 Å². The largest absolute Gasteiger partial charge is 0.376 e. The van der Waals surface area contributed by atoms with Crippen molar-refractivity contribution in [3.8, 4) is 0 Å². The number of ether oxygens (including phenoxy) is 1. The maximum absolute atomic E-state index is 12.9. The summed E-state index contributed by atoms with van der Waals surface area (Å²) in [5, 5.41) is 2.89. The van der Waals surface area contributed by atoms with Crippen LogP contribution in [0.2, 0.25) is 0 Å². The first kappa shape index (κ1) is 21.1. The minimum absolute atomic E-state index is 0. The van der Waals surface area contributed by atoms with Gasteiger partial charge in [-0.1, -0.05) is 42.5 Å². The molecule has 0 aliphatic carbocycles. The number of benzene rings is 2. The van der Waals surface area contributed by atoms with E-state index >= 15 is 0 Å². The van der Waals surface area contributed by atoms with Gasteiger partial charge in [-0.15, -0.1) is 12.4 Å². The molecule has 0 aliphatic heterocycles. The van der Waals surface area contributed by atoms with Gasteiger partial charge in [0.25, 0.3) is 0 Å². The zero-order valence-electron chi connectivity index (χ0n) is 14.0. The predicted octanol–water partition coefficient (Wildman–Crippen LogP) is 3.01. The van der Waals surface area contributed by atoms with Crippen LogP contribution >= 0.6 is 12.4 Å². The van der Waals surface area contributed by atoms with Crippen LogP contribution in [0, 0.1) is 5.82 Å². The number of amides is 1. The van der Waals surface area contributed by atoms with E-state index in [1.165, 1.54) is 12.1 Å². The lowest BCUT2D eigenvalue weighted by molar-refractivity contribution is -0.121. The summed E-state index contributed by atoms with van der Waals surface area (Å²) in [6, 6.07) is 16.1. The van der Waals surface area contributed by atoms with E-state index in [2.05, 4.69) is 5.32 Å². The molecule has 1 unspecified atom stereocenters. The first-order valence-corrected chi connectivity index (χ1v) is 8.03. The molecule has 0 aromatic heterocycles. The van der Waals surface area contributed by atoms with Crippen molar-refractivity contribution in [3.63, 3.8) is 0 Å². The Morgan fingerprint density at radius 1 is 1.12 bits per heavy atom. The number of rotatable bonds is 9. The van der Waals surface area contributed by atoms with Crippen LogP contribution in [0.1, 0.15) is 23.5 Å². The first-order valence-electron chi connectivity index (χ1n) is 8.03. The predicted molar refractivity (Wildman–Crippen MR) is 99.2 cm³/mol. The summed E-state index contributed by atoms with van der Waals surface area (Å²) in [6.07, 6.45) is 0.317. The number of nitrogens with one attached hydrogen (secondary N) is 1. The lowest BCUT2D eigenvalue weighted by Crippen LogP contribution is -2.31. The molecule has 2 aromatic rings. The standard InChI is InChI=1S/C19H23FN2O2.ClH/c20-18-8-6-15(7-9-18)13-24-14-17(12-22-19(23)10-11-21)16-4-2-1-3-5-16;/h1-9,17H,10-14,21H2,(H,22,23);1H. The van der Waals surface area contributed by atoms with Gasteiger partial charge in [0.2, 0.25) is 5.91 Å². The fourth-order valence-electron chi connectivity index (χ4n) is 2.35. The Kier molecular flexibility index (Phi) is 9.77. The normalized spacial score (nSPS) is 11.4. The van der Waals surface area contributed by atoms with Crippen LogP contribution in [-0.4, -0.2) is 25.6 Å². The minimum Gasteiger partial charge on any atom is -0.376 e. The molecule has 0 radical (unpaired) electrons. The topological polar surface area (TPSA) is 64.4 Å². The summed E-state index contributed by atoms with van der Waals surface area (Å²) < 4.78 is 18.7. The Morgan fingerprint density at radius 2 is 1.80 bits per heavy atom. The number of carbonyl (C=O) groups is 1. The zero-order valence-corrected chi connectivity index (χ0v) is 14.8. The highest BCUT2D eigenvalue weighted by Crippen LogP contribution is 2.16. The first-order chi connectivity index (χ1) is 11.7. The Hall–Kier alpha value is -1.95. The Bertz CT molecular complexity index is 623. The highest BCUT2D eigenvalue weighted by molar-refractivity contribution is 5.85. The number of halogens is 2. The highest BCUT2D eigenvalue weighted by atomic mass is 35.5. The molecule has 2 aromatic carbocycles. The summed E-state index contributed by atoms with van der Waals surface area (Å²) in [5.74, 6) is -0.270. The van der Waals surface area contributed by atoms with E-state index in [1.54, 1.807) is 12.1 Å². The molecule has 0 fully saturated rings. The Balaban J connectivity index is 0.00000312. The van der Waals surface area contributed by atoms with Crippen LogP contribution in [0.5, 0.6) is 0 Å². The van der Waals surface area contributed by atoms with Crippen LogP contribution in [0.25, 0.3) is 0 Å². The molecule has 1 atom stereocenters. The quantitative estimate of drug-likeness (QED) is 0.717. The Morgan fingerprint density at radius 3 is 2.44 bits per heavy atom. The lowest BCUT2D eigenvalue weighted by Gasteiger charge is -2.18. The summed E-state index contributed by atoms with van der Waals surface area (Å²) >= 11 is 0. The highest BCUT2D eigenvalue weighted by Gasteiger charge is 2.13. The molecule has 2 rings (SSSR count). The van der Waals surface area contributed by atoms with Crippen molar-refractivity contribution < 1.29 is 13.9 Å². The van der Waals surface area contributed by atoms with Gasteiger partial charge < -0.3 is 15.8 Å². The smallest absolute Gasteiger partial charge is 0.221 e. The third kappa shape index (κ3) is 7.65. The van der Waals surface area contributed by atoms with Gasteiger partial charge >= 0.3 is 0 Å². The Labute approximate surface area is 154 Å². The minimum atomic E-state index is -0.261. The molecule has 3 N–H and O–H groups in total. The van der Waals surface area contributed by atoms with Gasteiger partial charge in [0.15, 0.2) is 0 Å². The van der Waals surface area contributed by atoms with Crippen molar-refractivity contribution in [1.82, 2.24) is 5.32 Å². The maximum atomic E-state index is 12.9. The van der Waals surface area contributed by atoms with E-state index in [9.17, 15) is 9.18 Å². The number of carbonyl (C=O) groups excluding carboxylic acids is 1. The van der Waals surface area contributed by atoms with E-state index in [0.29, 0.717) is 32.7 Å². The van der Waals surface area contributed by atoms with Gasteiger partial charge in [-0.05, 0) is 23.3 Å². The molecule has 0 saturated carbocycles. The zero-order chi connectivity index (χ0) is 17.2. The second-order valence-corrected chi connectivity index (χ2v) is 5.59. The molecule has 0 spiro atoms. The lowest BCUT2D eigenvalue weighted by atomic mass is 10.00. The summed E-state index contributed by atoms with van der Waals surface area (Å²) in [6.45, 7) is 1.69. The van der Waals surface area contributed by atoms with E-state index in [0.717, 1.165) is 11.1 Å². The molecular formula is C19H24ClFN2O2. The van der Waals surface area contributed by atoms with Gasteiger partial charge in [-0.2, -0.15) is 0 Å². The molecule has 0 aliphatic rings. The molecule has 136 valence electrons. The van der Waals surface area contributed by atoms with Crippen LogP contribution in [0.3, 0.4) is 0 Å². The maximum Gasteiger partial charge on any atom is 0.221 e. The van der Waals surface area contributed by atoms with Crippen molar-refractivity contribution in [3.05, 3.63) is 71.5 Å². The van der Waals surface area contributed by atoms with Crippen LogP contribution in [-0.2, 0) is 16.1 Å². The second kappa shape index (κ2) is 11.6. The summed E-state index contributed by atoms with van der Waals surface area (Å²) in [4.78, 5) is 11.6. The average molecular weight is 367 g/mol. The second-order valence-electron chi connectivity index (χ2n) is 5.59. The van der Waals surface area contributed by atoms with Gasteiger partial charge in [-0.25, -0.2) is 4.39 Å². The fourth-order valence-corrected chi connectivity index (χ4v) is 2.35. The van der Waals surface area contributed by atoms with Crippen LogP contribution < -0.4 is 11.1 Å². The summed E-state index contributed by atoms with van der Waals surface area (Å²) in [7, 11) is 0. The molecule has 1 amide bonds. The third-order valence-electron chi connectivity index (χ3n) is 3.69. The van der Waals surface area contributed by atoms with E-state index in [1.807, 2.05) is 30.3 Å². The van der Waals surface area contributed by atoms with Gasteiger partial charge in [0.1, 0.15) is 5.82 Å².